The molecule has 98 valence electrons. The first kappa shape index (κ1) is 12.8. The van der Waals surface area contributed by atoms with Crippen molar-refractivity contribution in [1.29, 1.82) is 0 Å². The van der Waals surface area contributed by atoms with Crippen LogP contribution >= 0.6 is 27.3 Å². The molecule has 1 aliphatic carbocycles. The summed E-state index contributed by atoms with van der Waals surface area (Å²) >= 11 is 5.04. The first-order valence-corrected chi connectivity index (χ1v) is 7.80. The van der Waals surface area contributed by atoms with Crippen LogP contribution in [-0.4, -0.2) is 10.9 Å². The Labute approximate surface area is 124 Å². The zero-order chi connectivity index (χ0) is 13.4. The molecule has 1 N–H and O–H groups in total. The van der Waals surface area contributed by atoms with Gasteiger partial charge in [-0.15, -0.1) is 11.3 Å². The van der Waals surface area contributed by atoms with Gasteiger partial charge in [0.15, 0.2) is 5.13 Å². The molecular weight excluding hydrogens is 324 g/mol. The van der Waals surface area contributed by atoms with Gasteiger partial charge in [-0.25, -0.2) is 4.98 Å². The fourth-order valence-electron chi connectivity index (χ4n) is 2.15. The molecule has 1 heterocycles. The first-order valence-electron chi connectivity index (χ1n) is 6.19. The van der Waals surface area contributed by atoms with Crippen molar-refractivity contribution in [2.45, 2.75) is 26.2 Å². The summed E-state index contributed by atoms with van der Waals surface area (Å²) in [6.45, 7) is 2.00. The number of thiazole rings is 1. The number of hydrogen-bond donors (Lipinski definition) is 1. The molecule has 0 spiro atoms. The average molecular weight is 337 g/mol. The molecule has 1 aromatic heterocycles. The summed E-state index contributed by atoms with van der Waals surface area (Å²) in [7, 11) is 0. The lowest BCUT2D eigenvalue weighted by Crippen LogP contribution is -2.11. The van der Waals surface area contributed by atoms with Crippen LogP contribution < -0.4 is 5.32 Å². The molecule has 0 aliphatic heterocycles. The van der Waals surface area contributed by atoms with Gasteiger partial charge in [0.1, 0.15) is 0 Å². The molecule has 1 aromatic carbocycles. The molecule has 0 bridgehead atoms. The van der Waals surface area contributed by atoms with Crippen molar-refractivity contribution in [3.63, 3.8) is 0 Å². The topological polar surface area (TPSA) is 42.0 Å². The van der Waals surface area contributed by atoms with E-state index in [0.29, 0.717) is 10.7 Å². The van der Waals surface area contributed by atoms with Crippen molar-refractivity contribution in [2.24, 2.45) is 0 Å². The van der Waals surface area contributed by atoms with Crippen LogP contribution in [0.25, 0.3) is 0 Å². The van der Waals surface area contributed by atoms with Crippen LogP contribution in [0, 0.1) is 6.92 Å². The number of anilines is 1. The van der Waals surface area contributed by atoms with E-state index in [1.807, 2.05) is 25.1 Å². The second-order valence-electron chi connectivity index (χ2n) is 4.66. The Morgan fingerprint density at radius 3 is 3.00 bits per heavy atom. The molecular formula is C14H13BrN2OS. The quantitative estimate of drug-likeness (QED) is 0.901. The summed E-state index contributed by atoms with van der Waals surface area (Å²) in [6.07, 6.45) is 3.32. The van der Waals surface area contributed by atoms with E-state index in [1.54, 1.807) is 11.3 Å². The highest BCUT2D eigenvalue weighted by Gasteiger charge is 2.18. The molecule has 3 nitrogen and oxygen atoms in total. The van der Waals surface area contributed by atoms with Gasteiger partial charge in [0.25, 0.3) is 5.91 Å². The molecule has 19 heavy (non-hydrogen) atoms. The molecule has 0 unspecified atom stereocenters. The summed E-state index contributed by atoms with van der Waals surface area (Å²) in [5.74, 6) is -0.104. The smallest absolute Gasteiger partial charge is 0.257 e. The van der Waals surface area contributed by atoms with E-state index >= 15 is 0 Å². The number of hydrogen-bond acceptors (Lipinski definition) is 3. The molecule has 0 fully saturated rings. The van der Waals surface area contributed by atoms with Crippen molar-refractivity contribution >= 4 is 38.3 Å². The molecule has 0 atom stereocenters. The van der Waals surface area contributed by atoms with E-state index in [0.717, 1.165) is 28.6 Å². The number of halogens is 1. The van der Waals surface area contributed by atoms with Crippen LogP contribution in [0.15, 0.2) is 22.7 Å². The Bertz CT molecular complexity index is 629. The number of benzene rings is 1. The summed E-state index contributed by atoms with van der Waals surface area (Å²) < 4.78 is 0.946. The maximum Gasteiger partial charge on any atom is 0.257 e. The Morgan fingerprint density at radius 1 is 1.42 bits per heavy atom. The van der Waals surface area contributed by atoms with Gasteiger partial charge in [0, 0.05) is 14.9 Å². The molecule has 1 amide bonds. The highest BCUT2D eigenvalue weighted by atomic mass is 79.9. The molecule has 0 saturated heterocycles. The minimum atomic E-state index is -0.104. The number of carbonyl (C=O) groups excluding carboxylic acids is 1. The molecule has 0 radical (unpaired) electrons. The molecule has 3 rings (SSSR count). The van der Waals surface area contributed by atoms with E-state index < -0.39 is 0 Å². The largest absolute Gasteiger partial charge is 0.298 e. The number of aryl methyl sites for hydroxylation is 3. The third-order valence-electron chi connectivity index (χ3n) is 3.25. The number of amides is 1. The van der Waals surface area contributed by atoms with Gasteiger partial charge >= 0.3 is 0 Å². The van der Waals surface area contributed by atoms with Crippen LogP contribution in [0.4, 0.5) is 5.13 Å². The van der Waals surface area contributed by atoms with Crippen molar-refractivity contribution in [1.82, 2.24) is 4.98 Å². The lowest BCUT2D eigenvalue weighted by atomic mass is 10.1. The molecule has 5 heteroatoms. The zero-order valence-corrected chi connectivity index (χ0v) is 12.9. The number of nitrogens with zero attached hydrogens (tertiary/aromatic N) is 1. The minimum Gasteiger partial charge on any atom is -0.298 e. The normalized spacial score (nSPS) is 13.4. The molecule has 1 aliphatic rings. The van der Waals surface area contributed by atoms with E-state index in [2.05, 4.69) is 26.2 Å². The predicted octanol–water partition coefficient (Wildman–Crippen LogP) is 3.96. The summed E-state index contributed by atoms with van der Waals surface area (Å²) in [4.78, 5) is 17.9. The van der Waals surface area contributed by atoms with Crippen molar-refractivity contribution in [3.05, 3.63) is 44.4 Å². The monoisotopic (exact) mass is 336 g/mol. The molecule has 2 aromatic rings. The van der Waals surface area contributed by atoms with Crippen molar-refractivity contribution in [3.8, 4) is 0 Å². The van der Waals surface area contributed by atoms with Crippen molar-refractivity contribution < 1.29 is 4.79 Å². The van der Waals surface area contributed by atoms with Crippen LogP contribution in [0.2, 0.25) is 0 Å². The predicted molar refractivity (Wildman–Crippen MR) is 81.0 cm³/mol. The fourth-order valence-corrected chi connectivity index (χ4v) is 3.57. The van der Waals surface area contributed by atoms with Crippen LogP contribution in [0.1, 0.15) is 32.9 Å². The van der Waals surface area contributed by atoms with E-state index in [1.165, 1.54) is 11.3 Å². The van der Waals surface area contributed by atoms with Crippen molar-refractivity contribution in [2.75, 3.05) is 5.32 Å². The van der Waals surface area contributed by atoms with Gasteiger partial charge in [-0.2, -0.15) is 0 Å². The lowest BCUT2D eigenvalue weighted by molar-refractivity contribution is 0.102. The second kappa shape index (κ2) is 5.06. The standard InChI is InChI=1S/C14H13BrN2OS/c1-8-5-6-9(7-10(8)15)13(18)17-14-16-11-3-2-4-12(11)19-14/h5-7H,2-4H2,1H3,(H,16,17,18). The zero-order valence-electron chi connectivity index (χ0n) is 10.5. The maximum absolute atomic E-state index is 12.1. The lowest BCUT2D eigenvalue weighted by Gasteiger charge is -2.04. The van der Waals surface area contributed by atoms with E-state index in [-0.39, 0.29) is 5.91 Å². The Morgan fingerprint density at radius 2 is 2.26 bits per heavy atom. The molecule has 0 saturated carbocycles. The van der Waals surface area contributed by atoms with Gasteiger partial charge in [-0.3, -0.25) is 10.1 Å². The van der Waals surface area contributed by atoms with Crippen LogP contribution in [0.3, 0.4) is 0 Å². The number of carbonyl (C=O) groups is 1. The number of rotatable bonds is 2. The SMILES string of the molecule is Cc1ccc(C(=O)Nc2nc3c(s2)CCC3)cc1Br. The average Bonchev–Trinajstić information content (AvgIpc) is 2.93. The van der Waals surface area contributed by atoms with Gasteiger partial charge in [-0.1, -0.05) is 22.0 Å². The summed E-state index contributed by atoms with van der Waals surface area (Å²) in [5, 5.41) is 3.60. The summed E-state index contributed by atoms with van der Waals surface area (Å²) in [5.41, 5.74) is 2.92. The third kappa shape index (κ3) is 2.58. The number of nitrogens with one attached hydrogen (secondary N) is 1. The maximum atomic E-state index is 12.1. The Balaban J connectivity index is 1.78. The van der Waals surface area contributed by atoms with Gasteiger partial charge in [0.05, 0.1) is 5.69 Å². The van der Waals surface area contributed by atoms with E-state index in [9.17, 15) is 4.79 Å². The number of fused-ring (bicyclic) bond motifs is 1. The van der Waals surface area contributed by atoms with E-state index in [4.69, 9.17) is 0 Å². The van der Waals surface area contributed by atoms with Gasteiger partial charge in [0.2, 0.25) is 0 Å². The first-order chi connectivity index (χ1) is 9.13. The van der Waals surface area contributed by atoms with Gasteiger partial charge < -0.3 is 0 Å². The summed E-state index contributed by atoms with van der Waals surface area (Å²) in [6, 6.07) is 5.60. The Kier molecular flexibility index (Phi) is 3.41. The number of aromatic nitrogens is 1. The van der Waals surface area contributed by atoms with Crippen LogP contribution in [0.5, 0.6) is 0 Å². The second-order valence-corrected chi connectivity index (χ2v) is 6.60. The third-order valence-corrected chi connectivity index (χ3v) is 5.18. The minimum absolute atomic E-state index is 0.104. The highest BCUT2D eigenvalue weighted by Crippen LogP contribution is 2.30. The Hall–Kier alpha value is -1.20. The van der Waals surface area contributed by atoms with Crippen LogP contribution in [-0.2, 0) is 12.8 Å². The van der Waals surface area contributed by atoms with Gasteiger partial charge in [-0.05, 0) is 43.9 Å². The fraction of sp³-hybridized carbons (Fsp3) is 0.286. The highest BCUT2D eigenvalue weighted by molar-refractivity contribution is 9.10.